The van der Waals surface area contributed by atoms with Crippen LogP contribution in [0.2, 0.25) is 0 Å². The van der Waals surface area contributed by atoms with E-state index in [1.807, 2.05) is 47.8 Å². The Kier molecular flexibility index (Phi) is 8.56. The largest absolute Gasteiger partial charge is 0.493 e. The lowest BCUT2D eigenvalue weighted by molar-refractivity contribution is -0.141. The van der Waals surface area contributed by atoms with Crippen LogP contribution in [0.5, 0.6) is 23.0 Å². The lowest BCUT2D eigenvalue weighted by atomic mass is 9.94. The number of nitrogens with one attached hydrogen (secondary N) is 1. The smallest absolute Gasteiger partial charge is 0.247 e. The van der Waals surface area contributed by atoms with Crippen LogP contribution < -0.4 is 24.3 Å². The standard InChI is InChI=1S/C30H34N2O6S/c1-35-25-12-6-11-23(29(25)36-2)28(30(34)31-21-8-4-3-5-9-21)32(27(33)17-22-10-7-15-39-22)18-20-13-14-24-26(16-20)38-19-37-24/h6-7,10-16,21,28H,3-5,8-9,17-19H2,1-2H3,(H,31,34)/t28-/m0/s1. The fourth-order valence-corrected chi connectivity index (χ4v) is 6.02. The topological polar surface area (TPSA) is 86.3 Å². The normalized spacial score (nSPS) is 15.4. The highest BCUT2D eigenvalue weighted by atomic mass is 32.1. The van der Waals surface area contributed by atoms with E-state index in [1.165, 1.54) is 17.8 Å². The van der Waals surface area contributed by atoms with Gasteiger partial charge >= 0.3 is 0 Å². The lowest BCUT2D eigenvalue weighted by Crippen LogP contribution is -2.47. The van der Waals surface area contributed by atoms with Gasteiger partial charge in [0.1, 0.15) is 6.04 Å². The van der Waals surface area contributed by atoms with Gasteiger partial charge in [-0.1, -0.05) is 43.5 Å². The fourth-order valence-electron chi connectivity index (χ4n) is 5.33. The zero-order valence-corrected chi connectivity index (χ0v) is 23.1. The molecule has 0 unspecified atom stereocenters. The summed E-state index contributed by atoms with van der Waals surface area (Å²) in [6.45, 7) is 0.358. The number of hydrogen-bond donors (Lipinski definition) is 1. The first-order valence-electron chi connectivity index (χ1n) is 13.3. The molecule has 1 aliphatic carbocycles. The van der Waals surface area contributed by atoms with Crippen molar-refractivity contribution in [2.45, 2.75) is 57.2 Å². The van der Waals surface area contributed by atoms with Gasteiger partial charge < -0.3 is 29.2 Å². The van der Waals surface area contributed by atoms with Crippen LogP contribution in [0.1, 0.15) is 54.1 Å². The Morgan fingerprint density at radius 2 is 1.85 bits per heavy atom. The van der Waals surface area contributed by atoms with E-state index < -0.39 is 6.04 Å². The van der Waals surface area contributed by atoms with Crippen molar-refractivity contribution in [1.29, 1.82) is 0 Å². The van der Waals surface area contributed by atoms with Crippen molar-refractivity contribution >= 4 is 23.2 Å². The molecule has 2 amide bonds. The van der Waals surface area contributed by atoms with Gasteiger partial charge in [-0.15, -0.1) is 11.3 Å². The van der Waals surface area contributed by atoms with Crippen molar-refractivity contribution in [3.8, 4) is 23.0 Å². The van der Waals surface area contributed by atoms with E-state index in [1.54, 1.807) is 25.2 Å². The second-order valence-electron chi connectivity index (χ2n) is 9.79. The highest BCUT2D eigenvalue weighted by Crippen LogP contribution is 2.39. The predicted octanol–water partition coefficient (Wildman–Crippen LogP) is 5.26. The molecule has 0 spiro atoms. The first-order chi connectivity index (χ1) is 19.1. The van der Waals surface area contributed by atoms with Gasteiger partial charge in [-0.05, 0) is 48.1 Å². The molecular weight excluding hydrogens is 516 g/mol. The van der Waals surface area contributed by atoms with Crippen LogP contribution in [0, 0.1) is 0 Å². The summed E-state index contributed by atoms with van der Waals surface area (Å²) in [5.74, 6) is 1.83. The van der Waals surface area contributed by atoms with Crippen molar-refractivity contribution in [3.63, 3.8) is 0 Å². The number of thiophene rings is 1. The molecule has 3 aromatic rings. The van der Waals surface area contributed by atoms with Crippen molar-refractivity contribution in [3.05, 3.63) is 69.9 Å². The fraction of sp³-hybridized carbons (Fsp3) is 0.400. The predicted molar refractivity (Wildman–Crippen MR) is 148 cm³/mol. The van der Waals surface area contributed by atoms with Gasteiger partial charge in [0, 0.05) is 23.0 Å². The lowest BCUT2D eigenvalue weighted by Gasteiger charge is -2.34. The molecule has 2 aromatic carbocycles. The number of nitrogens with zero attached hydrogens (tertiary/aromatic N) is 1. The van der Waals surface area contributed by atoms with Crippen LogP contribution in [-0.2, 0) is 22.6 Å². The molecule has 1 fully saturated rings. The molecule has 0 radical (unpaired) electrons. The monoisotopic (exact) mass is 550 g/mol. The molecule has 1 N–H and O–H groups in total. The minimum Gasteiger partial charge on any atom is -0.493 e. The zero-order valence-electron chi connectivity index (χ0n) is 22.3. The van der Waals surface area contributed by atoms with Crippen LogP contribution in [0.4, 0.5) is 0 Å². The molecule has 1 atom stereocenters. The van der Waals surface area contributed by atoms with Crippen LogP contribution in [0.3, 0.4) is 0 Å². The van der Waals surface area contributed by atoms with E-state index in [-0.39, 0.29) is 37.6 Å². The van der Waals surface area contributed by atoms with Gasteiger partial charge in [0.2, 0.25) is 18.6 Å². The summed E-state index contributed by atoms with van der Waals surface area (Å²) in [7, 11) is 3.11. The molecule has 1 aromatic heterocycles. The molecule has 39 heavy (non-hydrogen) atoms. The summed E-state index contributed by atoms with van der Waals surface area (Å²) >= 11 is 1.52. The summed E-state index contributed by atoms with van der Waals surface area (Å²) < 4.78 is 22.4. The number of benzene rings is 2. The zero-order chi connectivity index (χ0) is 27.2. The number of amides is 2. The molecule has 206 valence electrons. The van der Waals surface area contributed by atoms with E-state index in [4.69, 9.17) is 18.9 Å². The van der Waals surface area contributed by atoms with Crippen LogP contribution in [0.15, 0.2) is 53.9 Å². The summed E-state index contributed by atoms with van der Waals surface area (Å²) in [6, 6.07) is 14.0. The molecule has 5 rings (SSSR count). The molecule has 8 nitrogen and oxygen atoms in total. The first kappa shape index (κ1) is 26.9. The van der Waals surface area contributed by atoms with Crippen molar-refractivity contribution < 1.29 is 28.5 Å². The Balaban J connectivity index is 1.56. The molecule has 1 aliphatic heterocycles. The van der Waals surface area contributed by atoms with Gasteiger partial charge in [-0.3, -0.25) is 9.59 Å². The average Bonchev–Trinajstić information content (AvgIpc) is 3.65. The number of ether oxygens (including phenoxy) is 4. The van der Waals surface area contributed by atoms with Gasteiger partial charge in [-0.25, -0.2) is 0 Å². The first-order valence-corrected chi connectivity index (χ1v) is 14.2. The maximum Gasteiger partial charge on any atom is 0.247 e. The maximum atomic E-state index is 14.2. The average molecular weight is 551 g/mol. The number of fused-ring (bicyclic) bond motifs is 1. The minimum absolute atomic E-state index is 0.0742. The van der Waals surface area contributed by atoms with E-state index >= 15 is 0 Å². The summed E-state index contributed by atoms with van der Waals surface area (Å²) in [5.41, 5.74) is 1.40. The van der Waals surface area contributed by atoms with Gasteiger partial charge in [0.05, 0.1) is 20.6 Å². The summed E-state index contributed by atoms with van der Waals surface area (Å²) in [5, 5.41) is 5.20. The Labute approximate surface area is 232 Å². The van der Waals surface area contributed by atoms with Crippen molar-refractivity contribution in [1.82, 2.24) is 10.2 Å². The second-order valence-corrected chi connectivity index (χ2v) is 10.8. The molecule has 2 heterocycles. The van der Waals surface area contributed by atoms with E-state index in [9.17, 15) is 9.59 Å². The summed E-state index contributed by atoms with van der Waals surface area (Å²) in [4.78, 5) is 30.8. The van der Waals surface area contributed by atoms with Crippen LogP contribution in [0.25, 0.3) is 0 Å². The third-order valence-electron chi connectivity index (χ3n) is 7.26. The molecule has 9 heteroatoms. The summed E-state index contributed by atoms with van der Waals surface area (Å²) in [6.07, 6.45) is 5.38. The quantitative estimate of drug-likeness (QED) is 0.371. The van der Waals surface area contributed by atoms with Gasteiger partial charge in [-0.2, -0.15) is 0 Å². The molecule has 2 aliphatic rings. The second kappa shape index (κ2) is 12.4. The number of para-hydroxylation sites is 1. The maximum absolute atomic E-state index is 14.2. The molecule has 0 saturated heterocycles. The number of rotatable bonds is 10. The van der Waals surface area contributed by atoms with Crippen molar-refractivity contribution in [2.75, 3.05) is 21.0 Å². The van der Waals surface area contributed by atoms with Crippen LogP contribution in [-0.4, -0.2) is 43.8 Å². The number of carbonyl (C=O) groups excluding carboxylic acids is 2. The van der Waals surface area contributed by atoms with E-state index in [0.29, 0.717) is 28.6 Å². The van der Waals surface area contributed by atoms with Crippen molar-refractivity contribution in [2.24, 2.45) is 0 Å². The van der Waals surface area contributed by atoms with E-state index in [2.05, 4.69) is 5.32 Å². The van der Waals surface area contributed by atoms with E-state index in [0.717, 1.165) is 36.1 Å². The Morgan fingerprint density at radius 1 is 1.03 bits per heavy atom. The molecule has 1 saturated carbocycles. The van der Waals surface area contributed by atoms with Gasteiger partial charge in [0.25, 0.3) is 0 Å². The minimum atomic E-state index is -0.935. The highest BCUT2D eigenvalue weighted by molar-refractivity contribution is 7.10. The number of methoxy groups -OCH3 is 2. The van der Waals surface area contributed by atoms with Gasteiger partial charge in [0.15, 0.2) is 23.0 Å². The Bertz CT molecular complexity index is 1290. The van der Waals surface area contributed by atoms with Crippen LogP contribution >= 0.6 is 11.3 Å². The number of carbonyl (C=O) groups is 2. The number of hydrogen-bond acceptors (Lipinski definition) is 7. The third kappa shape index (κ3) is 6.14. The highest BCUT2D eigenvalue weighted by Gasteiger charge is 2.36. The SMILES string of the molecule is COc1cccc([C@@H](C(=O)NC2CCCCC2)N(Cc2ccc3c(c2)OCO3)C(=O)Cc2cccs2)c1OC. The Hall–Kier alpha value is -3.72. The molecule has 0 bridgehead atoms. The third-order valence-corrected chi connectivity index (χ3v) is 8.13. The molecular formula is C30H34N2O6S. The Morgan fingerprint density at radius 3 is 2.59 bits per heavy atom.